The topological polar surface area (TPSA) is 82.8 Å². The lowest BCUT2D eigenvalue weighted by Gasteiger charge is -2.14. The first-order valence-electron chi connectivity index (χ1n) is 6.57. The molecule has 2 rings (SSSR count). The van der Waals surface area contributed by atoms with E-state index in [9.17, 15) is 21.6 Å². The first-order chi connectivity index (χ1) is 10.5. The number of sulfone groups is 1. The lowest BCUT2D eigenvalue weighted by molar-refractivity contribution is -0.0562. The number of ether oxygens (including phenoxy) is 1. The number of nitrogens with zero attached hydrogens (tertiary/aromatic N) is 3. The molecule has 0 saturated carbocycles. The Morgan fingerprint density at radius 1 is 1.35 bits per heavy atom. The molecule has 0 aliphatic carbocycles. The van der Waals surface area contributed by atoms with Crippen LogP contribution >= 0.6 is 0 Å². The van der Waals surface area contributed by atoms with Gasteiger partial charge in [-0.25, -0.2) is 17.5 Å². The van der Waals surface area contributed by atoms with E-state index in [4.69, 9.17) is 4.84 Å². The molecule has 7 nitrogen and oxygen atoms in total. The van der Waals surface area contributed by atoms with Crippen molar-refractivity contribution in [2.75, 3.05) is 0 Å². The summed E-state index contributed by atoms with van der Waals surface area (Å²) in [7, 11) is -3.31. The number of alkyl halides is 3. The molecule has 0 fully saturated rings. The van der Waals surface area contributed by atoms with Crippen LogP contribution in [0.1, 0.15) is 37.0 Å². The summed E-state index contributed by atoms with van der Waals surface area (Å²) in [4.78, 5) is 4.93. The smallest absolute Gasteiger partial charge is 0.388 e. The van der Waals surface area contributed by atoms with E-state index in [0.29, 0.717) is 0 Å². The van der Waals surface area contributed by atoms with Crippen LogP contribution in [-0.4, -0.2) is 35.5 Å². The zero-order chi connectivity index (χ0) is 17.6. The van der Waals surface area contributed by atoms with Gasteiger partial charge in [-0.2, -0.15) is 13.9 Å². The molecule has 1 aromatic heterocycles. The van der Waals surface area contributed by atoms with Gasteiger partial charge in [-0.05, 0) is 20.8 Å². The van der Waals surface area contributed by atoms with E-state index in [1.54, 1.807) is 13.8 Å². The molecule has 1 unspecified atom stereocenters. The van der Waals surface area contributed by atoms with Gasteiger partial charge >= 0.3 is 6.61 Å². The first kappa shape index (κ1) is 17.6. The van der Waals surface area contributed by atoms with Crippen molar-refractivity contribution in [3.63, 3.8) is 0 Å². The number of oxime groups is 1. The summed E-state index contributed by atoms with van der Waals surface area (Å²) in [6, 6.07) is 0. The van der Waals surface area contributed by atoms with E-state index in [2.05, 4.69) is 15.0 Å². The number of hydrogen-bond acceptors (Lipinski definition) is 6. The third-order valence-electron chi connectivity index (χ3n) is 3.21. The van der Waals surface area contributed by atoms with Crippen LogP contribution in [0.3, 0.4) is 0 Å². The molecule has 0 N–H and O–H groups in total. The SMILES string of the molecule is Cc1nn(C)c(OC(F)F)c1C(F)S(=O)(=O)C1=NOC(C)(C)C1. The Labute approximate surface area is 131 Å². The van der Waals surface area contributed by atoms with Crippen LogP contribution in [0.4, 0.5) is 13.2 Å². The Balaban J connectivity index is 2.43. The Kier molecular flexibility index (Phi) is 4.35. The van der Waals surface area contributed by atoms with E-state index in [1.165, 1.54) is 14.0 Å². The van der Waals surface area contributed by atoms with Crippen molar-refractivity contribution >= 4 is 14.9 Å². The zero-order valence-corrected chi connectivity index (χ0v) is 13.7. The molecule has 1 aliphatic rings. The highest BCUT2D eigenvalue weighted by Crippen LogP contribution is 2.38. The fourth-order valence-electron chi connectivity index (χ4n) is 2.17. The van der Waals surface area contributed by atoms with E-state index in [1.807, 2.05) is 0 Å². The minimum atomic E-state index is -4.55. The van der Waals surface area contributed by atoms with Crippen molar-refractivity contribution in [3.05, 3.63) is 11.3 Å². The predicted molar refractivity (Wildman–Crippen MR) is 74.6 cm³/mol. The van der Waals surface area contributed by atoms with Gasteiger partial charge in [0.2, 0.25) is 21.2 Å². The average Bonchev–Trinajstić information content (AvgIpc) is 2.89. The molecular weight excluding hydrogens is 339 g/mol. The lowest BCUT2D eigenvalue weighted by Crippen LogP contribution is -2.25. The maximum absolute atomic E-state index is 14.7. The van der Waals surface area contributed by atoms with Crippen molar-refractivity contribution in [1.82, 2.24) is 9.78 Å². The number of rotatable bonds is 4. The maximum Gasteiger partial charge on any atom is 0.388 e. The van der Waals surface area contributed by atoms with Crippen molar-refractivity contribution in [2.24, 2.45) is 12.2 Å². The quantitative estimate of drug-likeness (QED) is 0.827. The van der Waals surface area contributed by atoms with Gasteiger partial charge in [0.15, 0.2) is 5.04 Å². The van der Waals surface area contributed by atoms with Crippen LogP contribution in [0.2, 0.25) is 0 Å². The van der Waals surface area contributed by atoms with Crippen LogP contribution in [0.15, 0.2) is 5.16 Å². The molecule has 1 aromatic rings. The average molecular weight is 355 g/mol. The van der Waals surface area contributed by atoms with Gasteiger partial charge in [-0.1, -0.05) is 5.16 Å². The maximum atomic E-state index is 14.7. The van der Waals surface area contributed by atoms with Gasteiger partial charge in [0.25, 0.3) is 0 Å². The Morgan fingerprint density at radius 2 is 1.96 bits per heavy atom. The Morgan fingerprint density at radius 3 is 2.43 bits per heavy atom. The number of hydrogen-bond donors (Lipinski definition) is 0. The van der Waals surface area contributed by atoms with E-state index < -0.39 is 44.0 Å². The van der Waals surface area contributed by atoms with Crippen molar-refractivity contribution < 1.29 is 31.2 Å². The third kappa shape index (κ3) is 3.28. The predicted octanol–water partition coefficient (Wildman–Crippen LogP) is 2.23. The molecule has 0 bridgehead atoms. The van der Waals surface area contributed by atoms with E-state index in [-0.39, 0.29) is 12.1 Å². The molecule has 0 radical (unpaired) electrons. The first-order valence-corrected chi connectivity index (χ1v) is 8.11. The number of halogens is 3. The second kappa shape index (κ2) is 5.69. The van der Waals surface area contributed by atoms with E-state index in [0.717, 1.165) is 4.68 Å². The molecule has 11 heteroatoms. The fraction of sp³-hybridized carbons (Fsp3) is 0.667. The van der Waals surface area contributed by atoms with Gasteiger partial charge in [0.1, 0.15) is 5.60 Å². The second-order valence-electron chi connectivity index (χ2n) is 5.68. The monoisotopic (exact) mass is 355 g/mol. The molecule has 1 atom stereocenters. The summed E-state index contributed by atoms with van der Waals surface area (Å²) in [5.41, 5.74) is -4.16. The van der Waals surface area contributed by atoms with Gasteiger partial charge < -0.3 is 9.57 Å². The van der Waals surface area contributed by atoms with Crippen molar-refractivity contribution in [3.8, 4) is 5.88 Å². The molecule has 0 aromatic carbocycles. The van der Waals surface area contributed by atoms with Crippen molar-refractivity contribution in [1.29, 1.82) is 0 Å². The normalized spacial score (nSPS) is 18.7. The van der Waals surface area contributed by atoms with Crippen molar-refractivity contribution in [2.45, 2.75) is 44.9 Å². The molecule has 0 saturated heterocycles. The van der Waals surface area contributed by atoms with Gasteiger partial charge in [-0.15, -0.1) is 0 Å². The molecule has 2 heterocycles. The molecule has 0 spiro atoms. The lowest BCUT2D eigenvalue weighted by atomic mass is 10.1. The van der Waals surface area contributed by atoms with Gasteiger partial charge in [0.05, 0.1) is 11.3 Å². The zero-order valence-electron chi connectivity index (χ0n) is 12.9. The minimum absolute atomic E-state index is 0.0713. The molecule has 23 heavy (non-hydrogen) atoms. The highest BCUT2D eigenvalue weighted by atomic mass is 32.2. The van der Waals surface area contributed by atoms with Gasteiger partial charge in [0, 0.05) is 13.5 Å². The minimum Gasteiger partial charge on any atom is -0.417 e. The number of aryl methyl sites for hydroxylation is 2. The fourth-order valence-corrected chi connectivity index (χ4v) is 3.68. The largest absolute Gasteiger partial charge is 0.417 e. The van der Waals surface area contributed by atoms with Crippen LogP contribution in [0.5, 0.6) is 5.88 Å². The van der Waals surface area contributed by atoms with Crippen LogP contribution in [0, 0.1) is 6.92 Å². The van der Waals surface area contributed by atoms with Crippen LogP contribution in [0.25, 0.3) is 0 Å². The summed E-state index contributed by atoms with van der Waals surface area (Å²) in [6.07, 6.45) is -0.125. The molecular formula is C12H16F3N3O4S. The molecule has 0 amide bonds. The highest BCUT2D eigenvalue weighted by Gasteiger charge is 2.43. The molecule has 1 aliphatic heterocycles. The Hall–Kier alpha value is -1.78. The van der Waals surface area contributed by atoms with Gasteiger partial charge in [-0.3, -0.25) is 0 Å². The summed E-state index contributed by atoms with van der Waals surface area (Å²) in [6.45, 7) is 1.23. The number of aromatic nitrogens is 2. The Bertz CT molecular complexity index is 743. The summed E-state index contributed by atoms with van der Waals surface area (Å²) in [5.74, 6) is -0.646. The summed E-state index contributed by atoms with van der Waals surface area (Å²) >= 11 is 0. The standard InChI is InChI=1S/C12H16F3N3O4S/c1-6-8(10(18(4)16-6)21-11(14)15)9(13)23(19,20)7-5-12(2,3)22-17-7/h9,11H,5H2,1-4H3. The van der Waals surface area contributed by atoms with E-state index >= 15 is 0 Å². The third-order valence-corrected chi connectivity index (χ3v) is 4.87. The van der Waals surface area contributed by atoms with Crippen LogP contribution in [-0.2, 0) is 21.7 Å². The second-order valence-corrected chi connectivity index (χ2v) is 7.66. The van der Waals surface area contributed by atoms with Crippen LogP contribution < -0.4 is 4.74 Å². The highest BCUT2D eigenvalue weighted by molar-refractivity contribution is 8.06. The molecule has 130 valence electrons. The summed E-state index contributed by atoms with van der Waals surface area (Å²) < 4.78 is 69.4. The summed E-state index contributed by atoms with van der Waals surface area (Å²) in [5, 5.41) is 6.66.